The smallest absolute Gasteiger partial charge is 0.408 e. The van der Waals surface area contributed by atoms with Gasteiger partial charge in [-0.3, -0.25) is 9.59 Å². The summed E-state index contributed by atoms with van der Waals surface area (Å²) in [6.45, 7) is 8.35. The first-order valence-corrected chi connectivity index (χ1v) is 17.7. The van der Waals surface area contributed by atoms with E-state index in [0.29, 0.717) is 10.6 Å². The number of carboxylic acids is 1. The Morgan fingerprint density at radius 2 is 1.20 bits per heavy atom. The summed E-state index contributed by atoms with van der Waals surface area (Å²) in [5.74, 6) is -2.59. The number of halogens is 1. The van der Waals surface area contributed by atoms with Gasteiger partial charge in [0.15, 0.2) is 0 Å². The maximum absolute atomic E-state index is 14.1. The lowest BCUT2D eigenvalue weighted by molar-refractivity contribution is -0.141. The van der Waals surface area contributed by atoms with Gasteiger partial charge in [-0.05, 0) is 69.0 Å². The van der Waals surface area contributed by atoms with Gasteiger partial charge in [-0.15, -0.1) is 11.8 Å². The second-order valence-electron chi connectivity index (χ2n) is 13.6. The Kier molecular flexibility index (Phi) is 13.0. The lowest BCUT2D eigenvalue weighted by atomic mass is 9.84. The first-order valence-electron chi connectivity index (χ1n) is 16.5. The summed E-state index contributed by atoms with van der Waals surface area (Å²) in [5.41, 5.74) is 2.68. The lowest BCUT2D eigenvalue weighted by Gasteiger charge is -2.44. The predicted octanol–water partition coefficient (Wildman–Crippen LogP) is 6.97. The Balaban J connectivity index is 1.67. The molecular weight excluding hydrogens is 686 g/mol. The summed E-state index contributed by atoms with van der Waals surface area (Å²) >= 11 is 7.44. The fourth-order valence-electron chi connectivity index (χ4n) is 5.70. The zero-order chi connectivity index (χ0) is 37.2. The topological polar surface area (TPSA) is 134 Å². The molecule has 0 radical (unpaired) electrons. The quantitative estimate of drug-likeness (QED) is 0.103. The van der Waals surface area contributed by atoms with Crippen molar-refractivity contribution in [3.63, 3.8) is 0 Å². The normalized spacial score (nSPS) is 13.0. The minimum Gasteiger partial charge on any atom is -0.480 e. The number of nitrogens with one attached hydrogen (secondary N) is 3. The van der Waals surface area contributed by atoms with Crippen molar-refractivity contribution in [3.8, 4) is 0 Å². The molecule has 9 nitrogen and oxygen atoms in total. The van der Waals surface area contributed by atoms with Crippen molar-refractivity contribution >= 4 is 47.2 Å². The molecular formula is C40H44ClN3O6S. The van der Waals surface area contributed by atoms with Crippen LogP contribution < -0.4 is 16.0 Å². The molecule has 11 heteroatoms. The Bertz CT molecular complexity index is 1690. The number of carboxylic acid groups (broad SMARTS) is 1. The average Bonchev–Trinajstić information content (AvgIpc) is 3.09. The number of carbonyl (C=O) groups is 4. The van der Waals surface area contributed by atoms with Gasteiger partial charge in [-0.2, -0.15) is 0 Å². The first kappa shape index (κ1) is 39.0. The van der Waals surface area contributed by atoms with Crippen LogP contribution in [0.1, 0.15) is 56.9 Å². The third kappa shape index (κ3) is 10.6. The van der Waals surface area contributed by atoms with Crippen LogP contribution in [0.5, 0.6) is 0 Å². The van der Waals surface area contributed by atoms with E-state index >= 15 is 0 Å². The molecule has 4 aromatic rings. The summed E-state index contributed by atoms with van der Waals surface area (Å²) in [5, 5.41) is 18.2. The Morgan fingerprint density at radius 3 is 1.63 bits per heavy atom. The Hall–Kier alpha value is -4.80. The third-order valence-corrected chi connectivity index (χ3v) is 10.0. The van der Waals surface area contributed by atoms with Gasteiger partial charge in [0.1, 0.15) is 17.7 Å². The monoisotopic (exact) mass is 729 g/mol. The average molecular weight is 730 g/mol. The number of alkyl carbamates (subject to hydrolysis) is 1. The van der Waals surface area contributed by atoms with Crippen LogP contribution in [0.2, 0.25) is 5.02 Å². The fraction of sp³-hybridized carbons (Fsp3) is 0.300. The molecule has 4 N–H and O–H groups in total. The van der Waals surface area contributed by atoms with E-state index in [9.17, 15) is 24.3 Å². The molecule has 0 spiro atoms. The van der Waals surface area contributed by atoms with Crippen molar-refractivity contribution < 1.29 is 29.0 Å². The summed E-state index contributed by atoms with van der Waals surface area (Å²) in [6.07, 6.45) is -0.793. The second kappa shape index (κ2) is 16.9. The van der Waals surface area contributed by atoms with E-state index in [0.717, 1.165) is 16.7 Å². The number of hydrogen-bond acceptors (Lipinski definition) is 6. The van der Waals surface area contributed by atoms with E-state index in [1.807, 2.05) is 105 Å². The van der Waals surface area contributed by atoms with Gasteiger partial charge in [0.2, 0.25) is 11.8 Å². The molecule has 0 saturated heterocycles. The van der Waals surface area contributed by atoms with Crippen LogP contribution in [0.3, 0.4) is 0 Å². The van der Waals surface area contributed by atoms with Crippen molar-refractivity contribution in [3.05, 3.63) is 143 Å². The number of ether oxygens (including phenoxy) is 1. The Labute approximate surface area is 308 Å². The van der Waals surface area contributed by atoms with Crippen molar-refractivity contribution in [1.29, 1.82) is 0 Å². The second-order valence-corrected chi connectivity index (χ2v) is 15.9. The number of thioether (sulfide) groups is 1. The van der Waals surface area contributed by atoms with Crippen LogP contribution in [0.15, 0.2) is 115 Å². The van der Waals surface area contributed by atoms with Gasteiger partial charge in [0.25, 0.3) is 0 Å². The van der Waals surface area contributed by atoms with Crippen molar-refractivity contribution in [1.82, 2.24) is 16.0 Å². The van der Waals surface area contributed by atoms with Crippen LogP contribution in [-0.4, -0.2) is 58.0 Å². The van der Waals surface area contributed by atoms with Gasteiger partial charge < -0.3 is 25.8 Å². The molecule has 0 fully saturated rings. The molecule has 0 saturated carbocycles. The van der Waals surface area contributed by atoms with Crippen LogP contribution in [-0.2, 0) is 30.3 Å². The number of hydrogen-bond donors (Lipinski definition) is 4. The molecule has 2 atom stereocenters. The Morgan fingerprint density at radius 1 is 0.725 bits per heavy atom. The number of carbonyl (C=O) groups excluding carboxylic acids is 3. The molecule has 4 rings (SSSR count). The standard InChI is InChI=1S/C40H44ClN3O6S/c1-38(2,3)50-37(49)44-34(35(46)42-26-33(45)43-32(36(47)48)25-27-21-23-31(41)24-22-27)39(4,5)51-40(28-15-9-6-10-16-28,29-17-11-7-12-18-29)30-19-13-8-14-20-30/h6-24,32,34H,25-26H2,1-5H3,(H,42,46)(H,43,45)(H,44,49)(H,47,48)/t32-,34-/m0/s1. The summed E-state index contributed by atoms with van der Waals surface area (Å²) in [7, 11) is 0. The minimum atomic E-state index is -1.25. The highest BCUT2D eigenvalue weighted by atomic mass is 35.5. The number of amides is 3. The number of aliphatic carboxylic acids is 1. The van der Waals surface area contributed by atoms with Crippen molar-refractivity contribution in [2.24, 2.45) is 0 Å². The molecule has 0 unspecified atom stereocenters. The van der Waals surface area contributed by atoms with E-state index < -0.39 is 57.6 Å². The lowest BCUT2D eigenvalue weighted by Crippen LogP contribution is -2.59. The molecule has 3 amide bonds. The molecule has 0 aromatic heterocycles. The summed E-state index contributed by atoms with van der Waals surface area (Å²) in [6, 6.07) is 34.0. The van der Waals surface area contributed by atoms with Crippen LogP contribution in [0.25, 0.3) is 0 Å². The zero-order valence-corrected chi connectivity index (χ0v) is 30.9. The molecule has 0 aliphatic rings. The van der Waals surface area contributed by atoms with Gasteiger partial charge in [-0.25, -0.2) is 9.59 Å². The highest BCUT2D eigenvalue weighted by Gasteiger charge is 2.47. The van der Waals surface area contributed by atoms with E-state index in [1.54, 1.807) is 45.0 Å². The van der Waals surface area contributed by atoms with E-state index in [2.05, 4.69) is 16.0 Å². The molecule has 0 aliphatic carbocycles. The molecule has 51 heavy (non-hydrogen) atoms. The number of rotatable bonds is 14. The van der Waals surface area contributed by atoms with Gasteiger partial charge in [-0.1, -0.05) is 115 Å². The summed E-state index contributed by atoms with van der Waals surface area (Å²) < 4.78 is 3.66. The number of benzene rings is 4. The van der Waals surface area contributed by atoms with Crippen LogP contribution >= 0.6 is 23.4 Å². The van der Waals surface area contributed by atoms with Gasteiger partial charge in [0, 0.05) is 16.2 Å². The predicted molar refractivity (Wildman–Crippen MR) is 202 cm³/mol. The minimum absolute atomic E-state index is 0.0131. The molecule has 0 aliphatic heterocycles. The van der Waals surface area contributed by atoms with E-state index in [4.69, 9.17) is 16.3 Å². The fourth-order valence-corrected chi connectivity index (χ4v) is 7.66. The maximum atomic E-state index is 14.1. The van der Waals surface area contributed by atoms with E-state index in [1.165, 1.54) is 11.8 Å². The molecule has 268 valence electrons. The van der Waals surface area contributed by atoms with Crippen molar-refractivity contribution in [2.75, 3.05) is 6.54 Å². The summed E-state index contributed by atoms with van der Waals surface area (Å²) in [4.78, 5) is 52.5. The SMILES string of the molecule is CC(C)(C)OC(=O)N[C@@H](C(=O)NCC(=O)N[C@@H](Cc1ccc(Cl)cc1)C(=O)O)C(C)(C)SC(c1ccccc1)(c1ccccc1)c1ccccc1. The highest BCUT2D eigenvalue weighted by Crippen LogP contribution is 2.54. The largest absolute Gasteiger partial charge is 0.480 e. The van der Waals surface area contributed by atoms with Crippen LogP contribution in [0.4, 0.5) is 4.79 Å². The van der Waals surface area contributed by atoms with Crippen LogP contribution in [0, 0.1) is 0 Å². The van der Waals surface area contributed by atoms with E-state index in [-0.39, 0.29) is 6.42 Å². The van der Waals surface area contributed by atoms with Gasteiger partial charge in [0.05, 0.1) is 11.3 Å². The highest BCUT2D eigenvalue weighted by molar-refractivity contribution is 8.02. The zero-order valence-electron chi connectivity index (χ0n) is 29.3. The molecule has 4 aromatic carbocycles. The van der Waals surface area contributed by atoms with Crippen molar-refractivity contribution in [2.45, 2.75) is 68.2 Å². The van der Waals surface area contributed by atoms with Gasteiger partial charge >= 0.3 is 12.1 Å². The first-order chi connectivity index (χ1) is 24.1. The molecule has 0 heterocycles. The maximum Gasteiger partial charge on any atom is 0.408 e. The molecule has 0 bridgehead atoms. The third-order valence-electron chi connectivity index (χ3n) is 7.99.